The summed E-state index contributed by atoms with van der Waals surface area (Å²) in [5.74, 6) is 0.404. The minimum atomic E-state index is -0.949. The molecule has 3 aromatic carbocycles. The van der Waals surface area contributed by atoms with Crippen LogP contribution in [-0.2, 0) is 10.2 Å². The number of benzene rings is 3. The van der Waals surface area contributed by atoms with Crippen molar-refractivity contribution in [2.24, 2.45) is 0 Å². The van der Waals surface area contributed by atoms with E-state index in [1.807, 2.05) is 30.3 Å². The van der Waals surface area contributed by atoms with Crippen molar-refractivity contribution in [2.75, 3.05) is 14.2 Å². The number of allylic oxidation sites excluding steroid dienone is 2. The average Bonchev–Trinajstić information content (AvgIpc) is 2.87. The Kier molecular flexibility index (Phi) is 6.61. The van der Waals surface area contributed by atoms with Gasteiger partial charge in [0.2, 0.25) is 0 Å². The van der Waals surface area contributed by atoms with E-state index in [2.05, 4.69) is 6.07 Å². The predicted octanol–water partition coefficient (Wildman–Crippen LogP) is 5.41. The van der Waals surface area contributed by atoms with Crippen molar-refractivity contribution >= 4 is 17.9 Å². The molecule has 6 nitrogen and oxygen atoms in total. The molecular weight excluding hydrogens is 442 g/mol. The van der Waals surface area contributed by atoms with Gasteiger partial charge in [0.05, 0.1) is 25.7 Å². The zero-order chi connectivity index (χ0) is 25.0. The number of carbonyl (C=O) groups excluding carboxylic acids is 1. The smallest absolute Gasteiger partial charge is 0.185 e. The molecule has 0 radical (unpaired) electrons. The molecule has 1 aliphatic rings. The Labute approximate surface area is 204 Å². The number of hydrogen-bond acceptors (Lipinski definition) is 6. The lowest BCUT2D eigenvalue weighted by Crippen LogP contribution is -2.33. The summed E-state index contributed by atoms with van der Waals surface area (Å²) < 4.78 is 10.2. The van der Waals surface area contributed by atoms with E-state index in [-0.39, 0.29) is 30.1 Å². The number of aromatic hydroxyl groups is 2. The number of methoxy groups -OCH3 is 2. The van der Waals surface area contributed by atoms with Gasteiger partial charge in [0.15, 0.2) is 28.8 Å². The summed E-state index contributed by atoms with van der Waals surface area (Å²) in [6.07, 6.45) is 3.86. The third-order valence-corrected chi connectivity index (χ3v) is 6.20. The van der Waals surface area contributed by atoms with Gasteiger partial charge in [-0.1, -0.05) is 42.5 Å². The van der Waals surface area contributed by atoms with Gasteiger partial charge in [-0.2, -0.15) is 5.26 Å². The molecule has 3 aromatic rings. The van der Waals surface area contributed by atoms with Crippen LogP contribution in [0.1, 0.15) is 29.5 Å². The second-order valence-electron chi connectivity index (χ2n) is 8.44. The molecule has 0 bridgehead atoms. The number of carbonyl (C=O) groups is 1. The summed E-state index contributed by atoms with van der Waals surface area (Å²) in [6, 6.07) is 21.7. The Bertz CT molecular complexity index is 1290. The zero-order valence-electron chi connectivity index (χ0n) is 19.5. The molecule has 1 fully saturated rings. The molecule has 0 unspecified atom stereocenters. The lowest BCUT2D eigenvalue weighted by molar-refractivity contribution is -0.113. The van der Waals surface area contributed by atoms with Crippen LogP contribution in [0.3, 0.4) is 0 Å². The molecule has 0 atom stereocenters. The van der Waals surface area contributed by atoms with Gasteiger partial charge < -0.3 is 19.7 Å². The highest BCUT2D eigenvalue weighted by Gasteiger charge is 2.41. The highest BCUT2D eigenvalue weighted by atomic mass is 16.5. The number of rotatable bonds is 5. The van der Waals surface area contributed by atoms with Crippen LogP contribution >= 0.6 is 0 Å². The fourth-order valence-electron chi connectivity index (χ4n) is 4.41. The first-order valence-electron chi connectivity index (χ1n) is 11.1. The number of phenols is 2. The minimum absolute atomic E-state index is 0.0378. The second kappa shape index (κ2) is 9.78. The molecule has 2 N–H and O–H groups in total. The highest BCUT2D eigenvalue weighted by Crippen LogP contribution is 2.44. The van der Waals surface area contributed by atoms with E-state index in [1.165, 1.54) is 26.4 Å². The van der Waals surface area contributed by atoms with Gasteiger partial charge in [0.25, 0.3) is 0 Å². The van der Waals surface area contributed by atoms with E-state index < -0.39 is 5.41 Å². The number of nitrogens with zero attached hydrogens (tertiary/aromatic N) is 1. The molecule has 176 valence electrons. The van der Waals surface area contributed by atoms with Crippen molar-refractivity contribution in [3.8, 4) is 29.1 Å². The monoisotopic (exact) mass is 467 g/mol. The molecule has 1 saturated carbocycles. The maximum atomic E-state index is 13.6. The van der Waals surface area contributed by atoms with Gasteiger partial charge >= 0.3 is 0 Å². The molecule has 1 aliphatic carbocycles. The summed E-state index contributed by atoms with van der Waals surface area (Å²) in [5, 5.41) is 30.7. The van der Waals surface area contributed by atoms with E-state index in [0.29, 0.717) is 33.8 Å². The standard InChI is InChI=1S/C29H25NO5/c1-34-26-10-8-19(14-24(26)31)12-21-16-29(18-30,23-6-4-3-5-7-23)17-22(28(21)33)13-20-9-11-27(35-2)25(32)15-20/h3-15,31-32H,16-17H2,1-2H3. The summed E-state index contributed by atoms with van der Waals surface area (Å²) in [4.78, 5) is 13.6. The van der Waals surface area contributed by atoms with Crippen LogP contribution in [0.4, 0.5) is 0 Å². The van der Waals surface area contributed by atoms with Crippen LogP contribution in [-0.4, -0.2) is 30.2 Å². The van der Waals surface area contributed by atoms with Gasteiger partial charge in [-0.25, -0.2) is 0 Å². The molecular formula is C29H25NO5. The Hall–Kier alpha value is -4.50. The first-order chi connectivity index (χ1) is 16.9. The van der Waals surface area contributed by atoms with Crippen LogP contribution in [0.5, 0.6) is 23.0 Å². The second-order valence-corrected chi connectivity index (χ2v) is 8.44. The molecule has 35 heavy (non-hydrogen) atoms. The van der Waals surface area contributed by atoms with Crippen molar-refractivity contribution in [2.45, 2.75) is 18.3 Å². The predicted molar refractivity (Wildman–Crippen MR) is 133 cm³/mol. The first kappa shape index (κ1) is 23.7. The minimum Gasteiger partial charge on any atom is -0.504 e. The maximum absolute atomic E-state index is 13.6. The number of Topliss-reactive ketones (excluding diaryl/α,β-unsaturated/α-hetero) is 1. The SMILES string of the molecule is COc1ccc(C=C2CC(C#N)(c3ccccc3)CC(=Cc3ccc(OC)c(O)c3)C2=O)cc1O. The number of ether oxygens (including phenoxy) is 2. The average molecular weight is 468 g/mol. The van der Waals surface area contributed by atoms with Crippen LogP contribution < -0.4 is 9.47 Å². The summed E-state index contributed by atoms with van der Waals surface area (Å²) in [6.45, 7) is 0. The van der Waals surface area contributed by atoms with Gasteiger partial charge in [-0.3, -0.25) is 4.79 Å². The quantitative estimate of drug-likeness (QED) is 0.487. The van der Waals surface area contributed by atoms with Gasteiger partial charge in [0.1, 0.15) is 0 Å². The van der Waals surface area contributed by atoms with E-state index in [1.54, 1.807) is 36.4 Å². The lowest BCUT2D eigenvalue weighted by Gasteiger charge is -2.33. The lowest BCUT2D eigenvalue weighted by atomic mass is 9.66. The third-order valence-electron chi connectivity index (χ3n) is 6.20. The number of nitriles is 1. The van der Waals surface area contributed by atoms with E-state index in [0.717, 1.165) is 5.56 Å². The van der Waals surface area contributed by atoms with E-state index in [4.69, 9.17) is 9.47 Å². The van der Waals surface area contributed by atoms with Gasteiger partial charge in [-0.15, -0.1) is 0 Å². The summed E-state index contributed by atoms with van der Waals surface area (Å²) in [7, 11) is 2.93. The van der Waals surface area contributed by atoms with Gasteiger partial charge in [-0.05, 0) is 65.9 Å². The van der Waals surface area contributed by atoms with Gasteiger partial charge in [0, 0.05) is 11.1 Å². The van der Waals surface area contributed by atoms with Crippen LogP contribution in [0, 0.1) is 11.3 Å². The Morgan fingerprint density at radius 3 is 1.71 bits per heavy atom. The fraction of sp³-hybridized carbons (Fsp3) is 0.172. The number of hydrogen-bond donors (Lipinski definition) is 2. The van der Waals surface area contributed by atoms with Crippen LogP contribution in [0.15, 0.2) is 77.9 Å². The topological polar surface area (TPSA) is 99.8 Å². The number of phenolic OH excluding ortho intramolecular Hbond substituents is 2. The zero-order valence-corrected chi connectivity index (χ0v) is 19.5. The summed E-state index contributed by atoms with van der Waals surface area (Å²) in [5.41, 5.74) is 2.02. The Balaban J connectivity index is 1.84. The molecule has 0 saturated heterocycles. The third kappa shape index (κ3) is 4.75. The number of ketones is 1. The van der Waals surface area contributed by atoms with E-state index in [9.17, 15) is 20.3 Å². The molecule has 0 spiro atoms. The molecule has 4 rings (SSSR count). The highest BCUT2D eigenvalue weighted by molar-refractivity contribution is 6.14. The molecule has 0 aliphatic heterocycles. The van der Waals surface area contributed by atoms with Crippen molar-refractivity contribution in [1.29, 1.82) is 5.26 Å². The fourth-order valence-corrected chi connectivity index (χ4v) is 4.41. The molecule has 0 heterocycles. The normalized spacial score (nSPS) is 20.0. The molecule has 6 heteroatoms. The van der Waals surface area contributed by atoms with Crippen molar-refractivity contribution < 1.29 is 24.5 Å². The van der Waals surface area contributed by atoms with E-state index >= 15 is 0 Å². The maximum Gasteiger partial charge on any atom is 0.185 e. The summed E-state index contributed by atoms with van der Waals surface area (Å²) >= 11 is 0. The Morgan fingerprint density at radius 2 is 1.31 bits per heavy atom. The molecule has 0 aromatic heterocycles. The van der Waals surface area contributed by atoms with Crippen molar-refractivity contribution in [3.05, 3.63) is 94.6 Å². The van der Waals surface area contributed by atoms with Crippen molar-refractivity contribution in [1.82, 2.24) is 0 Å². The van der Waals surface area contributed by atoms with Crippen molar-refractivity contribution in [3.63, 3.8) is 0 Å². The molecule has 0 amide bonds. The van der Waals surface area contributed by atoms with Crippen LogP contribution in [0.2, 0.25) is 0 Å². The first-order valence-corrected chi connectivity index (χ1v) is 11.1. The van der Waals surface area contributed by atoms with Crippen LogP contribution in [0.25, 0.3) is 12.2 Å². The Morgan fingerprint density at radius 1 is 0.829 bits per heavy atom. The largest absolute Gasteiger partial charge is 0.504 e.